The van der Waals surface area contributed by atoms with Crippen molar-refractivity contribution in [1.82, 2.24) is 15.3 Å². The summed E-state index contributed by atoms with van der Waals surface area (Å²) in [6.45, 7) is 2.15. The summed E-state index contributed by atoms with van der Waals surface area (Å²) in [6, 6.07) is 14.3. The third-order valence-electron chi connectivity index (χ3n) is 4.29. The number of hydrogen-bond donors (Lipinski definition) is 1. The van der Waals surface area contributed by atoms with E-state index in [9.17, 15) is 9.18 Å². The molecule has 0 fully saturated rings. The van der Waals surface area contributed by atoms with E-state index < -0.39 is 0 Å². The van der Waals surface area contributed by atoms with Crippen molar-refractivity contribution in [3.8, 4) is 0 Å². The molecule has 122 valence electrons. The van der Waals surface area contributed by atoms with E-state index in [1.165, 1.54) is 6.07 Å². The van der Waals surface area contributed by atoms with Crippen LogP contribution < -0.4 is 5.43 Å². The predicted octanol–water partition coefficient (Wildman–Crippen LogP) is 2.16. The van der Waals surface area contributed by atoms with Gasteiger partial charge in [-0.3, -0.25) is 15.1 Å². The van der Waals surface area contributed by atoms with Gasteiger partial charge in [-0.2, -0.15) is 0 Å². The highest BCUT2D eigenvalue weighted by Gasteiger charge is 2.28. The maximum atomic E-state index is 13.9. The van der Waals surface area contributed by atoms with Crippen LogP contribution in [0.1, 0.15) is 21.5 Å². The fourth-order valence-corrected chi connectivity index (χ4v) is 3.08. The highest BCUT2D eigenvalue weighted by atomic mass is 19.1. The molecule has 1 N–H and O–H groups in total. The second-order valence-electron chi connectivity index (χ2n) is 5.87. The third kappa shape index (κ3) is 2.65. The summed E-state index contributed by atoms with van der Waals surface area (Å²) in [5.74, 6) is 0.252. The normalized spacial score (nSPS) is 16.9. The minimum absolute atomic E-state index is 0.0813. The molecule has 2 aromatic rings. The summed E-state index contributed by atoms with van der Waals surface area (Å²) in [6.07, 6.45) is 0. The number of carbonyl (C=O) groups is 1. The van der Waals surface area contributed by atoms with Crippen molar-refractivity contribution < 1.29 is 9.18 Å². The van der Waals surface area contributed by atoms with Crippen LogP contribution in [0.3, 0.4) is 0 Å². The van der Waals surface area contributed by atoms with Gasteiger partial charge in [-0.05, 0) is 23.8 Å². The number of halogens is 1. The number of amides is 1. The fraction of sp³-hybridized carbons (Fsp3) is 0.222. The first-order chi connectivity index (χ1) is 11.7. The molecule has 0 bridgehead atoms. The van der Waals surface area contributed by atoms with Crippen molar-refractivity contribution in [1.29, 1.82) is 0 Å². The van der Waals surface area contributed by atoms with E-state index in [2.05, 4.69) is 10.4 Å². The molecule has 5 nitrogen and oxygen atoms in total. The Balaban J connectivity index is 1.47. The van der Waals surface area contributed by atoms with Crippen LogP contribution in [0.25, 0.3) is 0 Å². The Morgan fingerprint density at radius 3 is 2.71 bits per heavy atom. The number of rotatable bonds is 2. The maximum Gasteiger partial charge on any atom is 0.260 e. The molecule has 0 atom stereocenters. The second-order valence-corrected chi connectivity index (χ2v) is 5.87. The van der Waals surface area contributed by atoms with Crippen LogP contribution in [0.15, 0.2) is 53.5 Å². The van der Waals surface area contributed by atoms with Crippen LogP contribution in [-0.4, -0.2) is 34.9 Å². The number of guanidine groups is 1. The van der Waals surface area contributed by atoms with Gasteiger partial charge in [-0.25, -0.2) is 14.4 Å². The van der Waals surface area contributed by atoms with Crippen molar-refractivity contribution in [3.63, 3.8) is 0 Å². The predicted molar refractivity (Wildman–Crippen MR) is 88.6 cm³/mol. The lowest BCUT2D eigenvalue weighted by Gasteiger charge is -2.24. The van der Waals surface area contributed by atoms with E-state index in [0.717, 1.165) is 5.56 Å². The van der Waals surface area contributed by atoms with Crippen LogP contribution in [-0.2, 0) is 13.1 Å². The minimum atomic E-state index is -0.192. The lowest BCUT2D eigenvalue weighted by Crippen LogP contribution is -2.48. The van der Waals surface area contributed by atoms with Gasteiger partial charge in [0.15, 0.2) is 0 Å². The first-order valence-electron chi connectivity index (χ1n) is 7.91. The van der Waals surface area contributed by atoms with E-state index in [4.69, 9.17) is 0 Å². The van der Waals surface area contributed by atoms with Gasteiger partial charge < -0.3 is 0 Å². The Kier molecular flexibility index (Phi) is 3.74. The number of nitrogens with zero attached hydrogens (tertiary/aromatic N) is 3. The van der Waals surface area contributed by atoms with Crippen molar-refractivity contribution >= 4 is 11.9 Å². The average molecular weight is 324 g/mol. The number of aliphatic imine (C=N–C) groups is 1. The van der Waals surface area contributed by atoms with Crippen LogP contribution in [0.5, 0.6) is 0 Å². The topological polar surface area (TPSA) is 47.9 Å². The van der Waals surface area contributed by atoms with Crippen molar-refractivity contribution in [2.45, 2.75) is 13.1 Å². The Morgan fingerprint density at radius 1 is 1.08 bits per heavy atom. The van der Waals surface area contributed by atoms with Crippen molar-refractivity contribution in [3.05, 3.63) is 71.0 Å². The van der Waals surface area contributed by atoms with Gasteiger partial charge in [0.25, 0.3) is 5.91 Å². The third-order valence-corrected chi connectivity index (χ3v) is 4.29. The van der Waals surface area contributed by atoms with Crippen LogP contribution >= 0.6 is 0 Å². The van der Waals surface area contributed by atoms with Crippen molar-refractivity contribution in [2.24, 2.45) is 4.99 Å². The molecular weight excluding hydrogens is 307 g/mol. The molecule has 2 aliphatic rings. The van der Waals surface area contributed by atoms with Gasteiger partial charge >= 0.3 is 0 Å². The van der Waals surface area contributed by atoms with Crippen LogP contribution in [0.2, 0.25) is 0 Å². The molecule has 6 heteroatoms. The molecular formula is C18H17FN4O. The summed E-state index contributed by atoms with van der Waals surface area (Å²) in [5.41, 5.74) is 5.46. The SMILES string of the molecule is O=C(c1ccccc1)N1CCN=C1NN1Cc2cccc(F)c2C1. The largest absolute Gasteiger partial charge is 0.288 e. The van der Waals surface area contributed by atoms with Gasteiger partial charge in [0.05, 0.1) is 6.54 Å². The van der Waals surface area contributed by atoms with E-state index >= 15 is 0 Å². The molecule has 2 aromatic carbocycles. The number of benzene rings is 2. The molecule has 0 unspecified atom stereocenters. The molecule has 0 aliphatic carbocycles. The summed E-state index contributed by atoms with van der Waals surface area (Å²) in [7, 11) is 0. The summed E-state index contributed by atoms with van der Waals surface area (Å²) in [4.78, 5) is 18.7. The molecule has 0 saturated heterocycles. The fourth-order valence-electron chi connectivity index (χ4n) is 3.08. The number of carbonyl (C=O) groups excluding carboxylic acids is 1. The number of fused-ring (bicyclic) bond motifs is 1. The molecule has 2 aliphatic heterocycles. The molecule has 2 heterocycles. The molecule has 0 aromatic heterocycles. The Hall–Kier alpha value is -2.73. The zero-order valence-electron chi connectivity index (χ0n) is 13.1. The summed E-state index contributed by atoms with van der Waals surface area (Å²) in [5, 5.41) is 1.88. The highest BCUT2D eigenvalue weighted by molar-refractivity contribution is 6.06. The lowest BCUT2D eigenvalue weighted by atomic mass is 10.1. The van der Waals surface area contributed by atoms with E-state index in [1.54, 1.807) is 23.1 Å². The van der Waals surface area contributed by atoms with Crippen LogP contribution in [0.4, 0.5) is 4.39 Å². The highest BCUT2D eigenvalue weighted by Crippen LogP contribution is 2.23. The van der Waals surface area contributed by atoms with E-state index in [-0.39, 0.29) is 11.7 Å². The molecule has 4 rings (SSSR count). The maximum absolute atomic E-state index is 13.9. The molecule has 0 saturated carbocycles. The number of nitrogens with one attached hydrogen (secondary N) is 1. The molecule has 24 heavy (non-hydrogen) atoms. The van der Waals surface area contributed by atoms with Crippen molar-refractivity contribution in [2.75, 3.05) is 13.1 Å². The molecule has 1 amide bonds. The van der Waals surface area contributed by atoms with Gasteiger partial charge in [0.1, 0.15) is 5.82 Å². The Labute approximate surface area is 139 Å². The molecule has 0 spiro atoms. The average Bonchev–Trinajstić information content (AvgIpc) is 3.23. The second kappa shape index (κ2) is 6.05. The Bertz CT molecular complexity index is 806. The summed E-state index contributed by atoms with van der Waals surface area (Å²) >= 11 is 0. The molecule has 0 radical (unpaired) electrons. The number of hydrazine groups is 1. The first-order valence-corrected chi connectivity index (χ1v) is 7.91. The smallest absolute Gasteiger partial charge is 0.260 e. The standard InChI is InChI=1S/C18H17FN4O/c19-16-8-4-7-14-11-22(12-15(14)16)21-18-20-9-10-23(18)17(24)13-5-2-1-3-6-13/h1-8H,9-12H2,(H,20,21). The van der Waals surface area contributed by atoms with Gasteiger partial charge in [-0.1, -0.05) is 30.3 Å². The van der Waals surface area contributed by atoms with Gasteiger partial charge in [0.2, 0.25) is 5.96 Å². The van der Waals surface area contributed by atoms with Gasteiger partial charge in [0, 0.05) is 30.8 Å². The van der Waals surface area contributed by atoms with Crippen LogP contribution in [0, 0.1) is 5.82 Å². The zero-order valence-corrected chi connectivity index (χ0v) is 13.1. The van der Waals surface area contributed by atoms with Gasteiger partial charge in [-0.15, -0.1) is 0 Å². The monoisotopic (exact) mass is 324 g/mol. The van der Waals surface area contributed by atoms with E-state index in [0.29, 0.717) is 43.3 Å². The quantitative estimate of drug-likeness (QED) is 0.921. The first kappa shape index (κ1) is 14.8. The minimum Gasteiger partial charge on any atom is -0.288 e. The Morgan fingerprint density at radius 2 is 1.92 bits per heavy atom. The van der Waals surface area contributed by atoms with E-state index in [1.807, 2.05) is 29.3 Å². The zero-order chi connectivity index (χ0) is 16.5. The summed E-state index contributed by atoms with van der Waals surface area (Å²) < 4.78 is 13.9. The lowest BCUT2D eigenvalue weighted by molar-refractivity contribution is 0.0845. The number of hydrogen-bond acceptors (Lipinski definition) is 4.